The molecule has 0 spiro atoms. The number of pyridine rings is 1. The number of halogens is 4. The van der Waals surface area contributed by atoms with Gasteiger partial charge in [-0.15, -0.1) is 0 Å². The number of hydrogen-bond donors (Lipinski definition) is 1. The molecule has 0 saturated carbocycles. The van der Waals surface area contributed by atoms with Crippen LogP contribution >= 0.6 is 11.6 Å². The summed E-state index contributed by atoms with van der Waals surface area (Å²) >= 11 is 6.04. The van der Waals surface area contributed by atoms with Crippen LogP contribution in [0.1, 0.15) is 11.3 Å². The van der Waals surface area contributed by atoms with Gasteiger partial charge in [0.25, 0.3) is 0 Å². The largest absolute Gasteiger partial charge is 0.433 e. The second kappa shape index (κ2) is 8.89. The molecule has 2 heterocycles. The molecule has 9 heteroatoms. The number of nitrogens with zero attached hydrogens (tertiary/aromatic N) is 3. The molecule has 1 aliphatic heterocycles. The highest BCUT2D eigenvalue weighted by Crippen LogP contribution is 2.28. The van der Waals surface area contributed by atoms with E-state index in [9.17, 15) is 18.0 Å². The van der Waals surface area contributed by atoms with E-state index in [1.807, 2.05) is 4.90 Å². The number of amides is 1. The summed E-state index contributed by atoms with van der Waals surface area (Å²) < 4.78 is 38.3. The number of hydrogen-bond acceptors (Lipinski definition) is 4. The van der Waals surface area contributed by atoms with Gasteiger partial charge < -0.3 is 5.32 Å². The van der Waals surface area contributed by atoms with Gasteiger partial charge in [-0.3, -0.25) is 19.6 Å². The number of nitrogens with one attached hydrogen (secondary N) is 1. The molecule has 1 N–H and O–H groups in total. The molecule has 1 aromatic carbocycles. The van der Waals surface area contributed by atoms with Crippen molar-refractivity contribution in [1.29, 1.82) is 0 Å². The van der Waals surface area contributed by atoms with E-state index in [0.717, 1.165) is 6.07 Å². The van der Waals surface area contributed by atoms with Crippen molar-refractivity contribution in [2.45, 2.75) is 12.7 Å². The summed E-state index contributed by atoms with van der Waals surface area (Å²) in [6, 6.07) is 9.71. The van der Waals surface area contributed by atoms with E-state index < -0.39 is 11.9 Å². The fourth-order valence-electron chi connectivity index (χ4n) is 3.05. The van der Waals surface area contributed by atoms with E-state index >= 15 is 0 Å². The molecule has 1 aliphatic rings. The molecule has 0 radical (unpaired) electrons. The number of alkyl halides is 3. The smallest absolute Gasteiger partial charge is 0.324 e. The van der Waals surface area contributed by atoms with Crippen molar-refractivity contribution >= 4 is 23.2 Å². The number of benzene rings is 1. The Kier molecular flexibility index (Phi) is 6.53. The van der Waals surface area contributed by atoms with Crippen LogP contribution in [0, 0.1) is 0 Å². The Hall–Kier alpha value is -2.16. The zero-order valence-corrected chi connectivity index (χ0v) is 15.8. The van der Waals surface area contributed by atoms with Crippen LogP contribution in [0.2, 0.25) is 5.02 Å². The van der Waals surface area contributed by atoms with Gasteiger partial charge in [0, 0.05) is 38.9 Å². The van der Waals surface area contributed by atoms with Gasteiger partial charge in [-0.05, 0) is 29.8 Å². The fraction of sp³-hybridized carbons (Fsp3) is 0.368. The average molecular weight is 413 g/mol. The maximum Gasteiger partial charge on any atom is 0.433 e. The monoisotopic (exact) mass is 412 g/mol. The first-order valence-corrected chi connectivity index (χ1v) is 9.20. The van der Waals surface area contributed by atoms with Crippen molar-refractivity contribution in [3.05, 3.63) is 58.9 Å². The Labute approximate surface area is 166 Å². The van der Waals surface area contributed by atoms with Crippen molar-refractivity contribution in [2.24, 2.45) is 0 Å². The van der Waals surface area contributed by atoms with Crippen LogP contribution in [0.15, 0.2) is 42.6 Å². The summed E-state index contributed by atoms with van der Waals surface area (Å²) in [6.07, 6.45) is -3.25. The van der Waals surface area contributed by atoms with E-state index in [2.05, 4.69) is 15.2 Å². The summed E-state index contributed by atoms with van der Waals surface area (Å²) in [5, 5.41) is 3.27. The molecule has 3 rings (SSSR count). The lowest BCUT2D eigenvalue weighted by Crippen LogP contribution is -2.48. The Morgan fingerprint density at radius 2 is 1.79 bits per heavy atom. The van der Waals surface area contributed by atoms with Gasteiger partial charge in [0.15, 0.2) is 0 Å². The number of anilines is 1. The third-order valence-electron chi connectivity index (χ3n) is 4.50. The first kappa shape index (κ1) is 20.6. The molecule has 0 aliphatic carbocycles. The van der Waals surface area contributed by atoms with Gasteiger partial charge in [0.2, 0.25) is 5.91 Å². The number of rotatable bonds is 5. The second-order valence-electron chi connectivity index (χ2n) is 6.63. The van der Waals surface area contributed by atoms with Crippen molar-refractivity contribution in [1.82, 2.24) is 14.8 Å². The molecule has 0 bridgehead atoms. The summed E-state index contributed by atoms with van der Waals surface area (Å²) in [5.74, 6) is -0.148. The molecule has 1 amide bonds. The highest BCUT2D eigenvalue weighted by Gasteiger charge is 2.32. The van der Waals surface area contributed by atoms with Crippen molar-refractivity contribution < 1.29 is 18.0 Å². The molecule has 1 fully saturated rings. The highest BCUT2D eigenvalue weighted by molar-refractivity contribution is 6.33. The van der Waals surface area contributed by atoms with Crippen LogP contribution in [0.4, 0.5) is 18.9 Å². The lowest BCUT2D eigenvalue weighted by molar-refractivity contribution is -0.141. The third kappa shape index (κ3) is 5.67. The van der Waals surface area contributed by atoms with E-state index in [1.165, 1.54) is 6.20 Å². The third-order valence-corrected chi connectivity index (χ3v) is 4.83. The maximum absolute atomic E-state index is 12.8. The number of piperazine rings is 1. The van der Waals surface area contributed by atoms with Gasteiger partial charge in [0.1, 0.15) is 5.69 Å². The van der Waals surface area contributed by atoms with E-state index in [0.29, 0.717) is 49.0 Å². The molecule has 1 aromatic heterocycles. The molecule has 1 saturated heterocycles. The van der Waals surface area contributed by atoms with Crippen LogP contribution < -0.4 is 5.32 Å². The summed E-state index contributed by atoms with van der Waals surface area (Å²) in [7, 11) is 0. The first-order chi connectivity index (χ1) is 13.3. The van der Waals surface area contributed by atoms with E-state index in [1.54, 1.807) is 30.3 Å². The van der Waals surface area contributed by atoms with Crippen molar-refractivity contribution in [2.75, 3.05) is 38.0 Å². The molecule has 0 atom stereocenters. The van der Waals surface area contributed by atoms with Crippen LogP contribution in [-0.4, -0.2) is 53.4 Å². The first-order valence-electron chi connectivity index (χ1n) is 8.82. The summed E-state index contributed by atoms with van der Waals surface area (Å²) in [6.45, 7) is 3.32. The summed E-state index contributed by atoms with van der Waals surface area (Å²) in [4.78, 5) is 19.7. The molecule has 28 heavy (non-hydrogen) atoms. The van der Waals surface area contributed by atoms with Crippen LogP contribution in [0.3, 0.4) is 0 Å². The Bertz CT molecular complexity index is 823. The number of aromatic nitrogens is 1. The van der Waals surface area contributed by atoms with E-state index in [-0.39, 0.29) is 12.5 Å². The topological polar surface area (TPSA) is 48.5 Å². The zero-order valence-electron chi connectivity index (χ0n) is 15.0. The van der Waals surface area contributed by atoms with Gasteiger partial charge in [-0.1, -0.05) is 23.7 Å². The Balaban J connectivity index is 1.47. The lowest BCUT2D eigenvalue weighted by Gasteiger charge is -2.34. The normalized spacial score (nSPS) is 16.1. The molecular weight excluding hydrogens is 393 g/mol. The predicted octanol–water partition coefficient (Wildman–Crippen LogP) is 3.51. The van der Waals surface area contributed by atoms with Crippen molar-refractivity contribution in [3.8, 4) is 0 Å². The van der Waals surface area contributed by atoms with Gasteiger partial charge in [0.05, 0.1) is 17.3 Å². The highest BCUT2D eigenvalue weighted by atomic mass is 35.5. The maximum atomic E-state index is 12.8. The molecule has 150 valence electrons. The lowest BCUT2D eigenvalue weighted by atomic mass is 10.2. The van der Waals surface area contributed by atoms with Crippen molar-refractivity contribution in [3.63, 3.8) is 0 Å². The molecule has 5 nitrogen and oxygen atoms in total. The fourth-order valence-corrected chi connectivity index (χ4v) is 3.23. The quantitative estimate of drug-likeness (QED) is 0.816. The minimum atomic E-state index is -4.44. The number of carbonyl (C=O) groups excluding carboxylic acids is 1. The van der Waals surface area contributed by atoms with Crippen LogP contribution in [-0.2, 0) is 17.5 Å². The molecule has 2 aromatic rings. The Morgan fingerprint density at radius 1 is 1.11 bits per heavy atom. The summed E-state index contributed by atoms with van der Waals surface area (Å²) in [5.41, 5.74) is 0.276. The molecule has 0 unspecified atom stereocenters. The minimum absolute atomic E-state index is 0.148. The Morgan fingerprint density at radius 3 is 2.46 bits per heavy atom. The number of carbonyl (C=O) groups is 1. The zero-order chi connectivity index (χ0) is 20.1. The van der Waals surface area contributed by atoms with Crippen LogP contribution in [0.25, 0.3) is 0 Å². The van der Waals surface area contributed by atoms with Gasteiger partial charge in [-0.25, -0.2) is 0 Å². The average Bonchev–Trinajstić information content (AvgIpc) is 2.65. The molecular formula is C19H20ClF3N4O. The standard InChI is InChI=1S/C19H20ClF3N4O/c20-15-3-1-2-4-16(15)25-18(28)13-27-9-7-26(8-10-27)12-14-5-6-24-17(11-14)19(21,22)23/h1-6,11H,7-10,12-13H2,(H,25,28). The second-order valence-corrected chi connectivity index (χ2v) is 7.03. The predicted molar refractivity (Wildman–Crippen MR) is 101 cm³/mol. The van der Waals surface area contributed by atoms with Crippen LogP contribution in [0.5, 0.6) is 0 Å². The SMILES string of the molecule is O=C(CN1CCN(Cc2ccnc(C(F)(F)F)c2)CC1)Nc1ccccc1Cl. The number of para-hydroxylation sites is 1. The van der Waals surface area contributed by atoms with Gasteiger partial charge in [-0.2, -0.15) is 13.2 Å². The van der Waals surface area contributed by atoms with E-state index in [4.69, 9.17) is 11.6 Å². The minimum Gasteiger partial charge on any atom is -0.324 e. The van der Waals surface area contributed by atoms with Gasteiger partial charge >= 0.3 is 6.18 Å².